The van der Waals surface area contributed by atoms with Gasteiger partial charge in [-0.25, -0.2) is 4.79 Å². The lowest BCUT2D eigenvalue weighted by molar-refractivity contribution is 0.0703. The van der Waals surface area contributed by atoms with Gasteiger partial charge >= 0.3 is 5.97 Å². The van der Waals surface area contributed by atoms with Gasteiger partial charge in [0.2, 0.25) is 5.78 Å². The molecule has 7 nitrogen and oxygen atoms in total. The summed E-state index contributed by atoms with van der Waals surface area (Å²) >= 11 is 2.10. The average Bonchev–Trinajstić information content (AvgIpc) is 3.12. The third-order valence-electron chi connectivity index (χ3n) is 4.02. The molecule has 3 aromatic heterocycles. The van der Waals surface area contributed by atoms with Crippen molar-refractivity contribution < 1.29 is 19.8 Å². The van der Waals surface area contributed by atoms with Crippen LogP contribution < -0.4 is 11.5 Å². The zero-order valence-corrected chi connectivity index (χ0v) is 14.6. The summed E-state index contributed by atoms with van der Waals surface area (Å²) in [6.07, 6.45) is 1.53. The summed E-state index contributed by atoms with van der Waals surface area (Å²) in [4.78, 5) is 28.7. The number of thiophene rings is 2. The van der Waals surface area contributed by atoms with E-state index in [1.54, 1.807) is 12.1 Å². The Morgan fingerprint density at radius 3 is 2.42 bits per heavy atom. The summed E-state index contributed by atoms with van der Waals surface area (Å²) in [7, 11) is 0. The van der Waals surface area contributed by atoms with Crippen molar-refractivity contribution in [1.82, 2.24) is 4.98 Å². The zero-order chi connectivity index (χ0) is 18.6. The Balaban J connectivity index is 1.92. The fourth-order valence-electron chi connectivity index (χ4n) is 2.82. The number of phenols is 1. The molecule has 9 heteroatoms. The predicted molar refractivity (Wildman–Crippen MR) is 102 cm³/mol. The van der Waals surface area contributed by atoms with E-state index in [1.807, 2.05) is 0 Å². The number of hydrogen-bond acceptors (Lipinski definition) is 8. The summed E-state index contributed by atoms with van der Waals surface area (Å²) in [5, 5.41) is 20.0. The van der Waals surface area contributed by atoms with Crippen LogP contribution in [-0.4, -0.2) is 26.9 Å². The van der Waals surface area contributed by atoms with E-state index in [0.717, 1.165) is 22.7 Å². The Bertz CT molecular complexity index is 1230. The van der Waals surface area contributed by atoms with Gasteiger partial charge in [-0.05, 0) is 18.2 Å². The maximum absolute atomic E-state index is 13.1. The molecule has 6 N–H and O–H groups in total. The number of carboxylic acid groups (broad SMARTS) is 1. The van der Waals surface area contributed by atoms with Crippen molar-refractivity contribution >= 4 is 66.1 Å². The smallest absolute Gasteiger partial charge is 0.348 e. The zero-order valence-electron chi connectivity index (χ0n) is 13.0. The highest BCUT2D eigenvalue weighted by molar-refractivity contribution is 7.40. The van der Waals surface area contributed by atoms with Crippen molar-refractivity contribution in [3.05, 3.63) is 45.8 Å². The molecule has 4 aromatic rings. The number of fused-ring (bicyclic) bond motifs is 2. The van der Waals surface area contributed by atoms with E-state index in [-0.39, 0.29) is 32.7 Å². The molecule has 0 unspecified atom stereocenters. The lowest BCUT2D eigenvalue weighted by atomic mass is 10.0. The van der Waals surface area contributed by atoms with Gasteiger partial charge in [0.1, 0.15) is 21.0 Å². The number of aromatic hydroxyl groups is 1. The first-order chi connectivity index (χ1) is 12.4. The molecule has 0 radical (unpaired) electrons. The molecular weight excluding hydrogens is 374 g/mol. The number of nitrogens with zero attached hydrogens (tertiary/aromatic N) is 1. The number of nitrogen functional groups attached to an aromatic ring is 2. The number of pyridine rings is 1. The maximum atomic E-state index is 13.1. The Morgan fingerprint density at radius 1 is 1.04 bits per heavy atom. The second-order valence-corrected chi connectivity index (χ2v) is 7.82. The highest BCUT2D eigenvalue weighted by Crippen LogP contribution is 2.45. The van der Waals surface area contributed by atoms with Gasteiger partial charge in [0.25, 0.3) is 0 Å². The fourth-order valence-corrected chi connectivity index (χ4v) is 5.21. The van der Waals surface area contributed by atoms with Gasteiger partial charge in [0, 0.05) is 17.1 Å². The highest BCUT2D eigenvalue weighted by atomic mass is 32.2. The lowest BCUT2D eigenvalue weighted by Crippen LogP contribution is -2.04. The van der Waals surface area contributed by atoms with Gasteiger partial charge in [0.05, 0.1) is 20.8 Å². The summed E-state index contributed by atoms with van der Waals surface area (Å²) in [5.41, 5.74) is 12.9. The number of rotatable bonds is 3. The van der Waals surface area contributed by atoms with Gasteiger partial charge in [-0.3, -0.25) is 9.78 Å². The maximum Gasteiger partial charge on any atom is 0.348 e. The molecule has 0 saturated carbocycles. The second kappa shape index (κ2) is 5.68. The van der Waals surface area contributed by atoms with Crippen molar-refractivity contribution in [3.8, 4) is 5.75 Å². The van der Waals surface area contributed by atoms with Crippen LogP contribution in [0.25, 0.3) is 20.3 Å². The first-order valence-electron chi connectivity index (χ1n) is 7.35. The van der Waals surface area contributed by atoms with E-state index in [9.17, 15) is 19.8 Å². The fraction of sp³-hybridized carbons (Fsp3) is 0. The number of aromatic nitrogens is 1. The number of anilines is 2. The van der Waals surface area contributed by atoms with Crippen LogP contribution in [0.5, 0.6) is 5.75 Å². The Morgan fingerprint density at radius 2 is 1.73 bits per heavy atom. The number of benzene rings is 1. The van der Waals surface area contributed by atoms with E-state index < -0.39 is 5.97 Å². The largest absolute Gasteiger partial charge is 0.506 e. The molecule has 0 bridgehead atoms. The number of carbonyl (C=O) groups excluding carboxylic acids is 1. The number of nitrogens with two attached hydrogens (primary N) is 2. The van der Waals surface area contributed by atoms with E-state index >= 15 is 0 Å². The van der Waals surface area contributed by atoms with Gasteiger partial charge in [-0.15, -0.1) is 22.7 Å². The van der Waals surface area contributed by atoms with Crippen LogP contribution >= 0.6 is 22.7 Å². The molecule has 0 saturated heterocycles. The molecule has 0 fully saturated rings. The SMILES string of the molecule is Nc1c(C(=O)O)sc2sc(C(=O)c3ccc(O)c4ncccc34)c(N)c12. The Hall–Kier alpha value is -3.17. The molecule has 0 aliphatic rings. The summed E-state index contributed by atoms with van der Waals surface area (Å²) in [6.45, 7) is 0. The topological polar surface area (TPSA) is 140 Å². The van der Waals surface area contributed by atoms with E-state index in [0.29, 0.717) is 25.9 Å². The molecule has 130 valence electrons. The minimum atomic E-state index is -1.13. The molecule has 0 aliphatic carbocycles. The first kappa shape index (κ1) is 16.3. The van der Waals surface area contributed by atoms with Crippen molar-refractivity contribution in [3.63, 3.8) is 0 Å². The number of ketones is 1. The Labute approximate surface area is 154 Å². The minimum Gasteiger partial charge on any atom is -0.506 e. The average molecular weight is 385 g/mol. The molecular formula is C17H11N3O4S2. The minimum absolute atomic E-state index is 0.0104. The van der Waals surface area contributed by atoms with Gasteiger partial charge in [-0.1, -0.05) is 6.07 Å². The van der Waals surface area contributed by atoms with Crippen LogP contribution in [0.1, 0.15) is 24.9 Å². The molecule has 0 aliphatic heterocycles. The van der Waals surface area contributed by atoms with Crippen LogP contribution in [0.2, 0.25) is 0 Å². The second-order valence-electron chi connectivity index (χ2n) is 5.52. The molecule has 4 rings (SSSR count). The number of carbonyl (C=O) groups is 2. The van der Waals surface area contributed by atoms with E-state index in [4.69, 9.17) is 11.5 Å². The highest BCUT2D eigenvalue weighted by Gasteiger charge is 2.26. The van der Waals surface area contributed by atoms with Crippen LogP contribution in [0.15, 0.2) is 30.5 Å². The quantitative estimate of drug-likeness (QED) is 0.397. The number of phenolic OH excluding ortho intramolecular Hbond substituents is 1. The number of hydrogen-bond donors (Lipinski definition) is 4. The monoisotopic (exact) mass is 385 g/mol. The molecule has 0 spiro atoms. The summed E-state index contributed by atoms with van der Waals surface area (Å²) in [6, 6.07) is 6.29. The third-order valence-corrected chi connectivity index (χ3v) is 6.50. The molecule has 26 heavy (non-hydrogen) atoms. The van der Waals surface area contributed by atoms with Gasteiger partial charge in [0.15, 0.2) is 0 Å². The normalized spacial score (nSPS) is 11.2. The lowest BCUT2D eigenvalue weighted by Gasteiger charge is -2.06. The molecule has 1 aromatic carbocycles. The summed E-state index contributed by atoms with van der Waals surface area (Å²) < 4.78 is 0.585. The third kappa shape index (κ3) is 2.21. The molecule has 3 heterocycles. The molecule has 0 atom stereocenters. The van der Waals surface area contributed by atoms with E-state index in [2.05, 4.69) is 4.98 Å². The van der Waals surface area contributed by atoms with Crippen molar-refractivity contribution in [1.29, 1.82) is 0 Å². The molecule has 0 amide bonds. The van der Waals surface area contributed by atoms with Crippen molar-refractivity contribution in [2.24, 2.45) is 0 Å². The van der Waals surface area contributed by atoms with Crippen LogP contribution in [-0.2, 0) is 0 Å². The van der Waals surface area contributed by atoms with E-state index in [1.165, 1.54) is 18.3 Å². The van der Waals surface area contributed by atoms with Crippen LogP contribution in [0, 0.1) is 0 Å². The van der Waals surface area contributed by atoms with Crippen LogP contribution in [0.4, 0.5) is 11.4 Å². The Kier molecular flexibility index (Phi) is 3.56. The van der Waals surface area contributed by atoms with Gasteiger partial charge < -0.3 is 21.7 Å². The van der Waals surface area contributed by atoms with Gasteiger partial charge in [-0.2, -0.15) is 0 Å². The van der Waals surface area contributed by atoms with Crippen molar-refractivity contribution in [2.75, 3.05) is 11.5 Å². The van der Waals surface area contributed by atoms with Crippen molar-refractivity contribution in [2.45, 2.75) is 0 Å². The number of carboxylic acids is 1. The predicted octanol–water partition coefficient (Wildman–Crippen LogP) is 3.31. The van der Waals surface area contributed by atoms with Crippen LogP contribution in [0.3, 0.4) is 0 Å². The summed E-state index contributed by atoms with van der Waals surface area (Å²) in [5.74, 6) is -1.48. The standard InChI is InChI=1S/C17H11N3O4S2/c18-10-9-11(19)15(16(23)24)26-17(9)25-14(10)13(22)7-3-4-8(21)12-6(7)2-1-5-20-12/h1-5,21H,18-19H2,(H,23,24). The number of aromatic carboxylic acids is 1. The first-order valence-corrected chi connectivity index (χ1v) is 8.98.